The van der Waals surface area contributed by atoms with Crippen LogP contribution in [0.15, 0.2) is 42.9 Å². The Kier molecular flexibility index (Phi) is 4.41. The van der Waals surface area contributed by atoms with E-state index in [1.165, 1.54) is 12.1 Å². The Balaban J connectivity index is 1.91. The zero-order valence-corrected chi connectivity index (χ0v) is 10.6. The van der Waals surface area contributed by atoms with Gasteiger partial charge in [0, 0.05) is 18.4 Å². The summed E-state index contributed by atoms with van der Waals surface area (Å²) in [5.74, 6) is 0.364. The number of rotatable bonds is 5. The molecule has 0 aliphatic rings. The summed E-state index contributed by atoms with van der Waals surface area (Å²) in [6.07, 6.45) is 4.69. The SMILES string of the molecule is C[C@H](C[C@@H](O)c1ccc(F)cc1)Nc1cnccn1. The Bertz CT molecular complexity index is 504. The van der Waals surface area contributed by atoms with Crippen molar-refractivity contribution >= 4 is 5.82 Å². The van der Waals surface area contributed by atoms with Crippen LogP contribution in [-0.4, -0.2) is 21.1 Å². The molecule has 0 aliphatic heterocycles. The summed E-state index contributed by atoms with van der Waals surface area (Å²) in [6, 6.07) is 5.90. The van der Waals surface area contributed by atoms with Gasteiger partial charge in [0.15, 0.2) is 0 Å². The van der Waals surface area contributed by atoms with Crippen LogP contribution >= 0.6 is 0 Å². The van der Waals surface area contributed by atoms with Crippen molar-refractivity contribution in [1.29, 1.82) is 0 Å². The first-order valence-electron chi connectivity index (χ1n) is 6.11. The van der Waals surface area contributed by atoms with Gasteiger partial charge in [-0.1, -0.05) is 12.1 Å². The van der Waals surface area contributed by atoms with Crippen molar-refractivity contribution in [1.82, 2.24) is 9.97 Å². The summed E-state index contributed by atoms with van der Waals surface area (Å²) in [5.41, 5.74) is 0.703. The lowest BCUT2D eigenvalue weighted by atomic mass is 10.0. The first-order valence-corrected chi connectivity index (χ1v) is 6.11. The smallest absolute Gasteiger partial charge is 0.144 e. The molecule has 2 aromatic rings. The monoisotopic (exact) mass is 261 g/mol. The molecule has 2 rings (SSSR count). The highest BCUT2D eigenvalue weighted by atomic mass is 19.1. The van der Waals surface area contributed by atoms with Crippen molar-refractivity contribution in [2.24, 2.45) is 0 Å². The minimum atomic E-state index is -0.639. The molecule has 100 valence electrons. The Labute approximate surface area is 111 Å². The third-order valence-electron chi connectivity index (χ3n) is 2.79. The Morgan fingerprint density at radius 3 is 2.63 bits per heavy atom. The van der Waals surface area contributed by atoms with E-state index in [0.29, 0.717) is 17.8 Å². The highest BCUT2D eigenvalue weighted by Crippen LogP contribution is 2.19. The molecular formula is C14H16FN3O. The van der Waals surface area contributed by atoms with E-state index < -0.39 is 6.10 Å². The van der Waals surface area contributed by atoms with E-state index in [2.05, 4.69) is 15.3 Å². The summed E-state index contributed by atoms with van der Waals surface area (Å²) in [7, 11) is 0. The van der Waals surface area contributed by atoms with Crippen LogP contribution in [0, 0.1) is 5.82 Å². The number of anilines is 1. The van der Waals surface area contributed by atoms with Crippen LogP contribution in [0.25, 0.3) is 0 Å². The van der Waals surface area contributed by atoms with Crippen molar-refractivity contribution in [3.8, 4) is 0 Å². The van der Waals surface area contributed by atoms with E-state index in [1.807, 2.05) is 6.92 Å². The first-order chi connectivity index (χ1) is 9.15. The van der Waals surface area contributed by atoms with Crippen LogP contribution in [0.1, 0.15) is 25.0 Å². The van der Waals surface area contributed by atoms with Crippen LogP contribution in [0.3, 0.4) is 0 Å². The zero-order chi connectivity index (χ0) is 13.7. The molecule has 4 nitrogen and oxygen atoms in total. The average Bonchev–Trinajstić information content (AvgIpc) is 2.40. The molecule has 0 radical (unpaired) electrons. The highest BCUT2D eigenvalue weighted by Gasteiger charge is 2.12. The van der Waals surface area contributed by atoms with Gasteiger partial charge < -0.3 is 10.4 Å². The van der Waals surface area contributed by atoms with E-state index >= 15 is 0 Å². The van der Waals surface area contributed by atoms with Gasteiger partial charge in [0.25, 0.3) is 0 Å². The van der Waals surface area contributed by atoms with Crippen LogP contribution in [-0.2, 0) is 0 Å². The van der Waals surface area contributed by atoms with Crippen molar-refractivity contribution in [2.75, 3.05) is 5.32 Å². The minimum Gasteiger partial charge on any atom is -0.388 e. The fourth-order valence-electron chi connectivity index (χ4n) is 1.84. The standard InChI is InChI=1S/C14H16FN3O/c1-10(18-14-9-16-6-7-17-14)8-13(19)11-2-4-12(15)5-3-11/h2-7,9-10,13,19H,8H2,1H3,(H,17,18)/t10-,13-/m1/s1. The Morgan fingerprint density at radius 1 is 1.26 bits per heavy atom. The molecule has 0 bridgehead atoms. The molecule has 0 saturated heterocycles. The molecule has 1 heterocycles. The molecule has 2 atom stereocenters. The van der Waals surface area contributed by atoms with Crippen LogP contribution in [0.5, 0.6) is 0 Å². The highest BCUT2D eigenvalue weighted by molar-refractivity contribution is 5.31. The largest absolute Gasteiger partial charge is 0.388 e. The predicted molar refractivity (Wildman–Crippen MR) is 71.1 cm³/mol. The number of hydrogen-bond donors (Lipinski definition) is 2. The molecule has 0 amide bonds. The number of nitrogens with one attached hydrogen (secondary N) is 1. The summed E-state index contributed by atoms with van der Waals surface area (Å²) < 4.78 is 12.8. The lowest BCUT2D eigenvalue weighted by Crippen LogP contribution is -2.19. The summed E-state index contributed by atoms with van der Waals surface area (Å²) in [5, 5.41) is 13.2. The molecule has 1 aromatic carbocycles. The van der Waals surface area contributed by atoms with Crippen LogP contribution < -0.4 is 5.32 Å². The number of aliphatic hydroxyl groups excluding tert-OH is 1. The van der Waals surface area contributed by atoms with Gasteiger partial charge in [0.1, 0.15) is 11.6 Å². The molecule has 2 N–H and O–H groups in total. The van der Waals surface area contributed by atoms with Gasteiger partial charge in [-0.3, -0.25) is 4.98 Å². The minimum absolute atomic E-state index is 0.0248. The maximum absolute atomic E-state index is 12.8. The quantitative estimate of drug-likeness (QED) is 0.868. The molecule has 0 spiro atoms. The fraction of sp³-hybridized carbons (Fsp3) is 0.286. The molecular weight excluding hydrogens is 245 g/mol. The first kappa shape index (κ1) is 13.4. The van der Waals surface area contributed by atoms with Gasteiger partial charge in [0.2, 0.25) is 0 Å². The van der Waals surface area contributed by atoms with E-state index in [0.717, 1.165) is 0 Å². The zero-order valence-electron chi connectivity index (χ0n) is 10.6. The lowest BCUT2D eigenvalue weighted by Gasteiger charge is -2.18. The number of benzene rings is 1. The molecule has 0 fully saturated rings. The molecule has 0 aliphatic carbocycles. The van der Waals surface area contributed by atoms with Gasteiger partial charge in [-0.25, -0.2) is 9.37 Å². The number of aromatic nitrogens is 2. The van der Waals surface area contributed by atoms with E-state index in [1.54, 1.807) is 30.7 Å². The average molecular weight is 261 g/mol. The van der Waals surface area contributed by atoms with Crippen LogP contribution in [0.4, 0.5) is 10.2 Å². The van der Waals surface area contributed by atoms with E-state index in [9.17, 15) is 9.50 Å². The van der Waals surface area contributed by atoms with Crippen molar-refractivity contribution in [2.45, 2.75) is 25.5 Å². The van der Waals surface area contributed by atoms with Crippen LogP contribution in [0.2, 0.25) is 0 Å². The van der Waals surface area contributed by atoms with Gasteiger partial charge >= 0.3 is 0 Å². The molecule has 1 aromatic heterocycles. The van der Waals surface area contributed by atoms with Gasteiger partial charge in [-0.2, -0.15) is 0 Å². The molecule has 0 unspecified atom stereocenters. The van der Waals surface area contributed by atoms with E-state index in [4.69, 9.17) is 0 Å². The molecule has 19 heavy (non-hydrogen) atoms. The number of nitrogens with zero attached hydrogens (tertiary/aromatic N) is 2. The maximum atomic E-state index is 12.8. The third kappa shape index (κ3) is 3.99. The number of hydrogen-bond acceptors (Lipinski definition) is 4. The fourth-order valence-corrected chi connectivity index (χ4v) is 1.84. The second kappa shape index (κ2) is 6.24. The Morgan fingerprint density at radius 2 is 2.00 bits per heavy atom. The normalized spacial score (nSPS) is 13.8. The lowest BCUT2D eigenvalue weighted by molar-refractivity contribution is 0.162. The topological polar surface area (TPSA) is 58.0 Å². The second-order valence-electron chi connectivity index (χ2n) is 4.44. The summed E-state index contributed by atoms with van der Waals surface area (Å²) in [6.45, 7) is 1.95. The number of aliphatic hydroxyl groups is 1. The van der Waals surface area contributed by atoms with Gasteiger partial charge in [-0.05, 0) is 31.0 Å². The predicted octanol–water partition coefficient (Wildman–Crippen LogP) is 2.54. The second-order valence-corrected chi connectivity index (χ2v) is 4.44. The van der Waals surface area contributed by atoms with E-state index in [-0.39, 0.29) is 11.9 Å². The van der Waals surface area contributed by atoms with Gasteiger partial charge in [-0.15, -0.1) is 0 Å². The molecule has 0 saturated carbocycles. The third-order valence-corrected chi connectivity index (χ3v) is 2.79. The summed E-state index contributed by atoms with van der Waals surface area (Å²) in [4.78, 5) is 8.06. The van der Waals surface area contributed by atoms with Gasteiger partial charge in [0.05, 0.1) is 12.3 Å². The Hall–Kier alpha value is -2.01. The maximum Gasteiger partial charge on any atom is 0.144 e. The summed E-state index contributed by atoms with van der Waals surface area (Å²) >= 11 is 0. The van der Waals surface area contributed by atoms with Crippen molar-refractivity contribution < 1.29 is 9.50 Å². The van der Waals surface area contributed by atoms with Crippen molar-refractivity contribution in [3.05, 3.63) is 54.2 Å². The molecule has 5 heteroatoms. The van der Waals surface area contributed by atoms with Crippen molar-refractivity contribution in [3.63, 3.8) is 0 Å². The number of halogens is 1.